The summed E-state index contributed by atoms with van der Waals surface area (Å²) in [6, 6.07) is 23.8. The smallest absolute Gasteiger partial charge is 0.271 e. The number of benzene rings is 3. The summed E-state index contributed by atoms with van der Waals surface area (Å²) < 4.78 is 2.16. The molecule has 1 atom stereocenters. The molecule has 1 unspecified atom stereocenters. The van der Waals surface area contributed by atoms with Gasteiger partial charge < -0.3 is 10.2 Å². The predicted octanol–water partition coefficient (Wildman–Crippen LogP) is 4.59. The van der Waals surface area contributed by atoms with E-state index in [2.05, 4.69) is 5.32 Å². The fourth-order valence-electron chi connectivity index (χ4n) is 4.31. The lowest BCUT2D eigenvalue weighted by Gasteiger charge is -2.25. The number of anilines is 2. The van der Waals surface area contributed by atoms with Crippen molar-refractivity contribution in [2.75, 3.05) is 24.3 Å². The number of nitrogens with one attached hydrogen (secondary N) is 1. The Morgan fingerprint density at radius 2 is 1.70 bits per heavy atom. The highest BCUT2D eigenvalue weighted by Gasteiger charge is 2.32. The number of hydrogen-bond donors (Lipinski definition) is 1. The van der Waals surface area contributed by atoms with E-state index < -0.39 is 6.04 Å². The van der Waals surface area contributed by atoms with Crippen molar-refractivity contribution in [1.82, 2.24) is 4.57 Å². The summed E-state index contributed by atoms with van der Waals surface area (Å²) in [6.45, 7) is 1.81. The number of carbonyl (C=O) groups excluding carboxylic acids is 1. The molecule has 0 bridgehead atoms. The van der Waals surface area contributed by atoms with Crippen LogP contribution < -0.4 is 25.1 Å². The van der Waals surface area contributed by atoms with Gasteiger partial charge in [0.2, 0.25) is 0 Å². The summed E-state index contributed by atoms with van der Waals surface area (Å²) >= 11 is 7.47. The highest BCUT2D eigenvalue weighted by Crippen LogP contribution is 2.31. The zero-order valence-corrected chi connectivity index (χ0v) is 22.2. The first-order valence-electron chi connectivity index (χ1n) is 11.7. The van der Waals surface area contributed by atoms with Gasteiger partial charge in [-0.1, -0.05) is 65.4 Å². The summed E-state index contributed by atoms with van der Waals surface area (Å²) in [6.07, 6.45) is 1.87. The zero-order valence-electron chi connectivity index (χ0n) is 20.6. The van der Waals surface area contributed by atoms with Crippen LogP contribution in [0.4, 0.5) is 11.4 Å². The first-order valence-corrected chi connectivity index (χ1v) is 12.9. The summed E-state index contributed by atoms with van der Waals surface area (Å²) in [5, 5.41) is 3.53. The van der Waals surface area contributed by atoms with Crippen LogP contribution in [0.5, 0.6) is 0 Å². The number of nitrogens with zero attached hydrogens (tertiary/aromatic N) is 3. The Morgan fingerprint density at radius 3 is 2.35 bits per heavy atom. The average Bonchev–Trinajstić information content (AvgIpc) is 3.18. The minimum Gasteiger partial charge on any atom is -0.378 e. The molecule has 3 aromatic carbocycles. The molecule has 0 saturated heterocycles. The van der Waals surface area contributed by atoms with E-state index >= 15 is 0 Å². The van der Waals surface area contributed by atoms with Crippen molar-refractivity contribution in [2.45, 2.75) is 13.0 Å². The fraction of sp³-hybridized carbons (Fsp3) is 0.138. The lowest BCUT2D eigenvalue weighted by atomic mass is 9.95. The minimum absolute atomic E-state index is 0.196. The van der Waals surface area contributed by atoms with Crippen LogP contribution in [-0.2, 0) is 4.79 Å². The molecular formula is C29H25ClN4O2S. The van der Waals surface area contributed by atoms with E-state index in [1.54, 1.807) is 23.6 Å². The van der Waals surface area contributed by atoms with Crippen molar-refractivity contribution in [2.24, 2.45) is 4.99 Å². The van der Waals surface area contributed by atoms with Crippen molar-refractivity contribution in [3.8, 4) is 0 Å². The van der Waals surface area contributed by atoms with Crippen molar-refractivity contribution in [3.63, 3.8) is 0 Å². The van der Waals surface area contributed by atoms with Gasteiger partial charge in [0.05, 0.1) is 21.8 Å². The van der Waals surface area contributed by atoms with Crippen molar-refractivity contribution < 1.29 is 4.79 Å². The maximum absolute atomic E-state index is 13.8. The number of para-hydroxylation sites is 1. The quantitative estimate of drug-likeness (QED) is 0.412. The van der Waals surface area contributed by atoms with Gasteiger partial charge in [-0.05, 0) is 60.5 Å². The molecule has 0 saturated carbocycles. The first kappa shape index (κ1) is 24.7. The van der Waals surface area contributed by atoms with Gasteiger partial charge in [-0.2, -0.15) is 0 Å². The average molecular weight is 529 g/mol. The molecule has 0 radical (unpaired) electrons. The Labute approximate surface area is 223 Å². The summed E-state index contributed by atoms with van der Waals surface area (Å²) in [7, 11) is 3.97. The van der Waals surface area contributed by atoms with Gasteiger partial charge in [0, 0.05) is 30.5 Å². The van der Waals surface area contributed by atoms with Crippen LogP contribution in [0.1, 0.15) is 24.1 Å². The number of allylic oxidation sites excluding steroid dienone is 1. The summed E-state index contributed by atoms with van der Waals surface area (Å²) in [4.78, 5) is 34.6. The van der Waals surface area contributed by atoms with Crippen molar-refractivity contribution in [1.29, 1.82) is 0 Å². The Hall–Kier alpha value is -3.94. The lowest BCUT2D eigenvalue weighted by molar-refractivity contribution is -0.113. The maximum Gasteiger partial charge on any atom is 0.271 e. The molecule has 8 heteroatoms. The molecule has 0 aliphatic carbocycles. The highest BCUT2D eigenvalue weighted by atomic mass is 35.5. The number of halogens is 1. The maximum atomic E-state index is 13.8. The molecular weight excluding hydrogens is 504 g/mol. The molecule has 0 spiro atoms. The minimum atomic E-state index is -0.643. The van der Waals surface area contributed by atoms with Gasteiger partial charge in [0.25, 0.3) is 11.5 Å². The Kier molecular flexibility index (Phi) is 6.82. The van der Waals surface area contributed by atoms with Crippen molar-refractivity contribution in [3.05, 3.63) is 126 Å². The zero-order chi connectivity index (χ0) is 26.1. The second-order valence-electron chi connectivity index (χ2n) is 8.94. The molecule has 6 nitrogen and oxygen atoms in total. The molecule has 1 aliphatic heterocycles. The molecule has 186 valence electrons. The molecule has 2 heterocycles. The number of amides is 1. The standard InChI is InChI=1S/C29H25ClN4O2S/c1-18-25(27(35)32-22-7-5-4-6-8-22)26(20-11-13-21(30)14-12-20)34-28(36)24(37-29(34)31-18)17-19-9-15-23(16-10-19)33(2)3/h4-17,26H,1-3H3,(H,32,35)/b24-17+. The third-order valence-corrected chi connectivity index (χ3v) is 7.43. The summed E-state index contributed by atoms with van der Waals surface area (Å²) in [5.74, 6) is -0.305. The number of carbonyl (C=O) groups is 1. The number of fused-ring (bicyclic) bond motifs is 1. The van der Waals surface area contributed by atoms with E-state index in [0.29, 0.717) is 31.3 Å². The van der Waals surface area contributed by atoms with Gasteiger partial charge in [-0.15, -0.1) is 0 Å². The van der Waals surface area contributed by atoms with Crippen LogP contribution in [0.15, 0.2) is 99.9 Å². The topological polar surface area (TPSA) is 66.7 Å². The van der Waals surface area contributed by atoms with Crippen LogP contribution >= 0.6 is 22.9 Å². The largest absolute Gasteiger partial charge is 0.378 e. The van der Waals surface area contributed by atoms with E-state index in [4.69, 9.17) is 16.6 Å². The Bertz CT molecular complexity index is 1670. The molecule has 1 N–H and O–H groups in total. The third kappa shape index (κ3) is 5.01. The van der Waals surface area contributed by atoms with E-state index in [-0.39, 0.29) is 11.5 Å². The summed E-state index contributed by atoms with van der Waals surface area (Å²) in [5.41, 5.74) is 4.22. The highest BCUT2D eigenvalue weighted by molar-refractivity contribution is 7.07. The van der Waals surface area contributed by atoms with Gasteiger partial charge in [-0.3, -0.25) is 14.2 Å². The lowest BCUT2D eigenvalue weighted by Crippen LogP contribution is -2.40. The molecule has 0 fully saturated rings. The SMILES string of the molecule is CC1=C(C(=O)Nc2ccccc2)C(c2ccc(Cl)cc2)n2c(s/c(=C/c3ccc(N(C)C)cc3)c2=O)=N1. The van der Waals surface area contributed by atoms with Crippen LogP contribution in [0.2, 0.25) is 5.02 Å². The van der Waals surface area contributed by atoms with Crippen LogP contribution in [0.25, 0.3) is 6.08 Å². The molecule has 37 heavy (non-hydrogen) atoms. The monoisotopic (exact) mass is 528 g/mol. The fourth-order valence-corrected chi connectivity index (χ4v) is 5.48. The Balaban J connectivity index is 1.64. The normalized spacial score (nSPS) is 15.2. The molecule has 4 aromatic rings. The van der Waals surface area contributed by atoms with E-state index in [1.807, 2.05) is 91.8 Å². The van der Waals surface area contributed by atoms with E-state index in [9.17, 15) is 9.59 Å². The van der Waals surface area contributed by atoms with Crippen LogP contribution in [-0.4, -0.2) is 24.6 Å². The number of rotatable bonds is 5. The third-order valence-electron chi connectivity index (χ3n) is 6.19. The van der Waals surface area contributed by atoms with E-state index in [0.717, 1.165) is 16.8 Å². The number of hydrogen-bond acceptors (Lipinski definition) is 5. The Morgan fingerprint density at radius 1 is 1.03 bits per heavy atom. The molecule has 5 rings (SSSR count). The molecule has 1 aromatic heterocycles. The predicted molar refractivity (Wildman–Crippen MR) is 151 cm³/mol. The van der Waals surface area contributed by atoms with Gasteiger partial charge in [0.15, 0.2) is 4.80 Å². The van der Waals surface area contributed by atoms with Crippen LogP contribution in [0, 0.1) is 0 Å². The molecule has 1 aliphatic rings. The second-order valence-corrected chi connectivity index (χ2v) is 10.4. The first-order chi connectivity index (χ1) is 17.8. The second kappa shape index (κ2) is 10.2. The van der Waals surface area contributed by atoms with Crippen molar-refractivity contribution >= 4 is 46.3 Å². The van der Waals surface area contributed by atoms with Gasteiger partial charge in [-0.25, -0.2) is 4.99 Å². The van der Waals surface area contributed by atoms with Gasteiger partial charge in [0.1, 0.15) is 0 Å². The van der Waals surface area contributed by atoms with Gasteiger partial charge >= 0.3 is 0 Å². The molecule has 1 amide bonds. The van der Waals surface area contributed by atoms with Crippen LogP contribution in [0.3, 0.4) is 0 Å². The van der Waals surface area contributed by atoms with E-state index in [1.165, 1.54) is 11.3 Å². The number of thiazole rings is 1. The number of aromatic nitrogens is 1.